The lowest BCUT2D eigenvalue weighted by Crippen LogP contribution is -2.00. The smallest absolute Gasteiger partial charge is 0.164 e. The minimum atomic E-state index is -0.959. The minimum absolute atomic E-state index is 0.115. The third-order valence-electron chi connectivity index (χ3n) is 8.89. The molecule has 0 aliphatic rings. The maximum atomic E-state index is 10.3. The molecule has 0 unspecified atom stereocenters. The number of hydrogen-bond acceptors (Lipinski definition) is 6. The Morgan fingerprint density at radius 2 is 0.912 bits per heavy atom. The van der Waals surface area contributed by atoms with Crippen molar-refractivity contribution in [2.24, 2.45) is 0 Å². The average Bonchev–Trinajstić information content (AvgIpc) is 1.49. The van der Waals surface area contributed by atoms with E-state index in [2.05, 4.69) is 15.0 Å². The van der Waals surface area contributed by atoms with E-state index in [4.69, 9.17) is 30.5 Å². The molecule has 4 aromatic heterocycles. The van der Waals surface area contributed by atoms with E-state index in [1.54, 1.807) is 0 Å². The molecule has 266 valence electrons. The highest BCUT2D eigenvalue weighted by Crippen LogP contribution is 2.48. The third kappa shape index (κ3) is 5.22. The zero-order valence-electron chi connectivity index (χ0n) is 57.1. The molecule has 4 heterocycles. The van der Waals surface area contributed by atoms with Gasteiger partial charge in [-0.2, -0.15) is 0 Å². The van der Waals surface area contributed by atoms with Gasteiger partial charge in [0, 0.05) is 73.4 Å². The van der Waals surface area contributed by atoms with Gasteiger partial charge in [-0.15, -0.1) is 22.7 Å². The summed E-state index contributed by atoms with van der Waals surface area (Å²) in [5.74, 6) is -2.42. The first kappa shape index (κ1) is 14.8. The van der Waals surface area contributed by atoms with Gasteiger partial charge in [0.25, 0.3) is 0 Å². The standard InChI is InChI=1S/C51H29N3OS2/c1-3-13-30(14-4-1)49-52-50(31-15-5-2-6-16-31)54-51(53-49)32-25-26-35-36-20-11-21-37(48(36)55-41(35)28-32)40-27-33(29-45-47(40)39-18-8-10-23-43(39)57-45)34-19-12-24-44-46(34)38-17-7-9-22-42(38)56-44/h1-29H/i1D,2D,3D,4D,5D,6D,7D,8D,9D,10D,11D,12D,13D,14D,15D,16D,17D,18D,19D,20D,21D,22D,23D,24D,25D,26D,27D,28D,29D. The van der Waals surface area contributed by atoms with Gasteiger partial charge < -0.3 is 4.42 Å². The Bertz CT molecular complexity index is 5100. The first-order valence-corrected chi connectivity index (χ1v) is 18.2. The van der Waals surface area contributed by atoms with E-state index >= 15 is 0 Å². The van der Waals surface area contributed by atoms with Crippen molar-refractivity contribution in [2.45, 2.75) is 0 Å². The van der Waals surface area contributed by atoms with E-state index in [0.29, 0.717) is 22.7 Å². The molecule has 0 aliphatic heterocycles. The Morgan fingerprint density at radius 3 is 1.61 bits per heavy atom. The first-order chi connectivity index (χ1) is 40.3. The molecule has 0 amide bonds. The van der Waals surface area contributed by atoms with Crippen molar-refractivity contribution in [3.63, 3.8) is 0 Å². The van der Waals surface area contributed by atoms with Crippen molar-refractivity contribution in [3.8, 4) is 56.4 Å². The van der Waals surface area contributed by atoms with Crippen LogP contribution in [0.15, 0.2) is 180 Å². The molecule has 0 aliphatic carbocycles. The summed E-state index contributed by atoms with van der Waals surface area (Å²) in [6.45, 7) is 0. The highest BCUT2D eigenvalue weighted by atomic mass is 32.1. The second-order valence-corrected chi connectivity index (χ2v) is 14.1. The fraction of sp³-hybridized carbons (Fsp3) is 0. The molecule has 12 rings (SSSR count). The molecule has 57 heavy (non-hydrogen) atoms. The molecule has 0 saturated heterocycles. The number of thiophene rings is 2. The molecule has 0 radical (unpaired) electrons. The Labute approximate surface area is 375 Å². The summed E-state index contributed by atoms with van der Waals surface area (Å²) in [5.41, 5.74) is -5.88. The van der Waals surface area contributed by atoms with Crippen LogP contribution >= 0.6 is 22.7 Å². The van der Waals surface area contributed by atoms with Crippen LogP contribution in [0.2, 0.25) is 0 Å². The predicted molar refractivity (Wildman–Crippen MR) is 240 cm³/mol. The molecule has 0 N–H and O–H groups in total. The van der Waals surface area contributed by atoms with Gasteiger partial charge in [-0.3, -0.25) is 0 Å². The monoisotopic (exact) mass is 792 g/mol. The van der Waals surface area contributed by atoms with Gasteiger partial charge in [-0.1, -0.05) is 133 Å². The summed E-state index contributed by atoms with van der Waals surface area (Å²) < 4.78 is 266. The minimum Gasteiger partial charge on any atom is -0.455 e. The molecular formula is C51H29N3OS2. The lowest BCUT2D eigenvalue weighted by Gasteiger charge is -2.11. The van der Waals surface area contributed by atoms with Crippen molar-refractivity contribution in [2.75, 3.05) is 0 Å². The molecule has 0 bridgehead atoms. The molecule has 0 saturated carbocycles. The van der Waals surface area contributed by atoms with Gasteiger partial charge in [0.05, 0.1) is 39.8 Å². The van der Waals surface area contributed by atoms with Crippen molar-refractivity contribution in [1.82, 2.24) is 15.0 Å². The van der Waals surface area contributed by atoms with Crippen molar-refractivity contribution < 1.29 is 44.2 Å². The molecule has 0 fully saturated rings. The molecule has 0 atom stereocenters. The van der Waals surface area contributed by atoms with Crippen molar-refractivity contribution in [3.05, 3.63) is 175 Å². The lowest BCUT2D eigenvalue weighted by atomic mass is 9.92. The number of benzene rings is 8. The number of rotatable bonds is 5. The van der Waals surface area contributed by atoms with Crippen LogP contribution < -0.4 is 0 Å². The zero-order chi connectivity index (χ0) is 62.7. The average molecular weight is 793 g/mol. The topological polar surface area (TPSA) is 51.8 Å². The van der Waals surface area contributed by atoms with Crippen LogP contribution in [0.3, 0.4) is 0 Å². The number of fused-ring (bicyclic) bond motifs is 9. The quantitative estimate of drug-likeness (QED) is 0.174. The summed E-state index contributed by atoms with van der Waals surface area (Å²) >= 11 is 1.30. The molecule has 4 nitrogen and oxygen atoms in total. The Balaban J connectivity index is 1.26. The van der Waals surface area contributed by atoms with Gasteiger partial charge in [0.2, 0.25) is 0 Å². The van der Waals surface area contributed by atoms with E-state index in [1.807, 2.05) is 0 Å². The van der Waals surface area contributed by atoms with Gasteiger partial charge >= 0.3 is 0 Å². The van der Waals surface area contributed by atoms with Gasteiger partial charge in [-0.25, -0.2) is 15.0 Å². The number of nitrogens with zero attached hydrogens (tertiary/aromatic N) is 3. The summed E-state index contributed by atoms with van der Waals surface area (Å²) in [4.78, 5) is 12.9. The summed E-state index contributed by atoms with van der Waals surface area (Å²) in [6, 6.07) is -23.3. The molecule has 0 spiro atoms. The van der Waals surface area contributed by atoms with E-state index < -0.39 is 254 Å². The van der Waals surface area contributed by atoms with Crippen LogP contribution in [0.1, 0.15) is 39.8 Å². The summed E-state index contributed by atoms with van der Waals surface area (Å²) in [6.07, 6.45) is 0. The van der Waals surface area contributed by atoms with E-state index in [0.717, 1.165) is 0 Å². The number of furan rings is 1. The lowest BCUT2D eigenvalue weighted by molar-refractivity contribution is 0.670. The van der Waals surface area contributed by atoms with Crippen LogP contribution in [0.25, 0.3) is 119 Å². The number of hydrogen-bond donors (Lipinski definition) is 0. The number of para-hydroxylation sites is 1. The van der Waals surface area contributed by atoms with Crippen LogP contribution in [0, 0.1) is 0 Å². The largest absolute Gasteiger partial charge is 0.455 e. The maximum Gasteiger partial charge on any atom is 0.164 e. The van der Waals surface area contributed by atoms with Gasteiger partial charge in [0.1, 0.15) is 11.2 Å². The SMILES string of the molecule is [2H]c1c([2H])c([2H])c(-c2nc(-c3c([2H])c([2H])c([2H])c([2H])c3[2H])nc(-c3c([2H])c([2H])c4c(oc5c(-c6c([2H])c(-c7c([2H])c([2H])c([2H])c8sc9c([2H])c([2H])c([2H])c([2H])c9c78)c([2H])c7sc8c([2H])c([2H])c([2H])c([2H])c8c67)c([2H])c([2H])c([2H])c54)c3[2H])n2)c([2H])c1[2H]. The zero-order valence-corrected chi connectivity index (χ0v) is 29.7. The van der Waals surface area contributed by atoms with Crippen LogP contribution in [0.4, 0.5) is 0 Å². The molecular weight excluding hydrogens is 735 g/mol. The predicted octanol–water partition coefficient (Wildman–Crippen LogP) is 14.8. The second kappa shape index (κ2) is 12.8. The van der Waals surface area contributed by atoms with Gasteiger partial charge in [0.15, 0.2) is 17.5 Å². The van der Waals surface area contributed by atoms with E-state index in [9.17, 15) is 13.7 Å². The third-order valence-corrected chi connectivity index (χ3v) is 10.9. The molecule has 6 heteroatoms. The van der Waals surface area contributed by atoms with E-state index in [1.165, 1.54) is 0 Å². The van der Waals surface area contributed by atoms with Crippen LogP contribution in [0.5, 0.6) is 0 Å². The Hall–Kier alpha value is -6.99. The molecule has 8 aromatic carbocycles. The van der Waals surface area contributed by atoms with E-state index in [-0.39, 0.29) is 40.3 Å². The first-order valence-electron chi connectivity index (χ1n) is 31.1. The fourth-order valence-electron chi connectivity index (χ4n) is 6.48. The van der Waals surface area contributed by atoms with Crippen molar-refractivity contribution in [1.29, 1.82) is 0 Å². The Morgan fingerprint density at radius 1 is 0.368 bits per heavy atom. The van der Waals surface area contributed by atoms with Crippen LogP contribution in [-0.2, 0) is 0 Å². The Kier molecular flexibility index (Phi) is 3.32. The normalized spacial score (nSPS) is 19.0. The number of aromatic nitrogens is 3. The van der Waals surface area contributed by atoms with Crippen LogP contribution in [-0.4, -0.2) is 15.0 Å². The van der Waals surface area contributed by atoms with Crippen molar-refractivity contribution >= 4 is 85.0 Å². The summed E-state index contributed by atoms with van der Waals surface area (Å²) in [7, 11) is 0. The second-order valence-electron chi connectivity index (χ2n) is 12.1. The highest BCUT2D eigenvalue weighted by molar-refractivity contribution is 7.26. The summed E-state index contributed by atoms with van der Waals surface area (Å²) in [5, 5.41) is -2.26. The highest BCUT2D eigenvalue weighted by Gasteiger charge is 2.21. The molecule has 12 aromatic rings. The fourth-order valence-corrected chi connectivity index (χ4v) is 8.47. The maximum absolute atomic E-state index is 10.3. The van der Waals surface area contributed by atoms with Gasteiger partial charge in [-0.05, 0) is 59.0 Å².